The minimum absolute atomic E-state index is 0.0884. The molecule has 4 heterocycles. The Labute approximate surface area is 251 Å². The summed E-state index contributed by atoms with van der Waals surface area (Å²) in [5.41, 5.74) is 6.96. The molecule has 1 atom stereocenters. The van der Waals surface area contributed by atoms with Gasteiger partial charge in [0.1, 0.15) is 6.04 Å². The van der Waals surface area contributed by atoms with Gasteiger partial charge in [0.05, 0.1) is 0 Å². The summed E-state index contributed by atoms with van der Waals surface area (Å²) in [7, 11) is 0. The van der Waals surface area contributed by atoms with Gasteiger partial charge >= 0.3 is 0 Å². The number of carbonyl (C=O) groups is 4. The highest BCUT2D eigenvalue weighted by atomic mass is 16.2. The molecule has 8 heteroatoms. The summed E-state index contributed by atoms with van der Waals surface area (Å²) in [6, 6.07) is 21.9. The number of hydrogen-bond donors (Lipinski definition) is 1. The Balaban J connectivity index is 0.990. The van der Waals surface area contributed by atoms with Gasteiger partial charge in [-0.25, -0.2) is 0 Å². The van der Waals surface area contributed by atoms with Crippen LogP contribution in [0.25, 0.3) is 0 Å². The van der Waals surface area contributed by atoms with Crippen molar-refractivity contribution in [2.45, 2.75) is 63.6 Å². The Hall–Kier alpha value is -4.30. The van der Waals surface area contributed by atoms with Gasteiger partial charge in [0.2, 0.25) is 11.8 Å². The molecule has 4 aliphatic heterocycles. The van der Waals surface area contributed by atoms with E-state index in [4.69, 9.17) is 0 Å². The number of benzene rings is 3. The van der Waals surface area contributed by atoms with E-state index in [1.807, 2.05) is 41.3 Å². The zero-order valence-corrected chi connectivity index (χ0v) is 24.3. The maximum atomic E-state index is 13.6. The average Bonchev–Trinajstić information content (AvgIpc) is 3.25. The number of para-hydroxylation sites is 1. The Kier molecular flexibility index (Phi) is 7.31. The van der Waals surface area contributed by atoms with Crippen LogP contribution in [0, 0.1) is 0 Å². The van der Waals surface area contributed by atoms with Crippen molar-refractivity contribution in [3.05, 3.63) is 100 Å². The van der Waals surface area contributed by atoms with Gasteiger partial charge in [0, 0.05) is 42.9 Å². The van der Waals surface area contributed by atoms with E-state index in [0.717, 1.165) is 74.2 Å². The van der Waals surface area contributed by atoms with E-state index in [9.17, 15) is 19.2 Å². The van der Waals surface area contributed by atoms with Crippen LogP contribution in [0.15, 0.2) is 66.7 Å². The number of likely N-dealkylation sites (tertiary alicyclic amines) is 1. The third kappa shape index (κ3) is 5.36. The van der Waals surface area contributed by atoms with Gasteiger partial charge in [-0.1, -0.05) is 42.5 Å². The van der Waals surface area contributed by atoms with Crippen molar-refractivity contribution in [3.63, 3.8) is 0 Å². The van der Waals surface area contributed by atoms with Gasteiger partial charge in [0.25, 0.3) is 11.8 Å². The molecule has 1 N–H and O–H groups in total. The monoisotopic (exact) mass is 576 g/mol. The first-order chi connectivity index (χ1) is 20.9. The van der Waals surface area contributed by atoms with E-state index in [1.165, 1.54) is 11.1 Å². The van der Waals surface area contributed by atoms with E-state index in [-0.39, 0.29) is 30.0 Å². The first kappa shape index (κ1) is 27.5. The zero-order valence-electron chi connectivity index (χ0n) is 24.3. The Morgan fingerprint density at radius 3 is 2.35 bits per heavy atom. The summed E-state index contributed by atoms with van der Waals surface area (Å²) >= 11 is 0. The van der Waals surface area contributed by atoms with Crippen LogP contribution in [0.5, 0.6) is 0 Å². The number of anilines is 1. The fourth-order valence-corrected chi connectivity index (χ4v) is 7.20. The lowest BCUT2D eigenvalue weighted by atomic mass is 9.87. The van der Waals surface area contributed by atoms with Crippen LogP contribution in [-0.4, -0.2) is 59.1 Å². The van der Waals surface area contributed by atoms with Crippen LogP contribution in [0.2, 0.25) is 0 Å². The van der Waals surface area contributed by atoms with Crippen LogP contribution < -0.4 is 10.2 Å². The van der Waals surface area contributed by atoms with Crippen LogP contribution in [0.1, 0.15) is 81.0 Å². The number of carbonyl (C=O) groups excluding carboxylic acids is 4. The number of piperidine rings is 2. The Morgan fingerprint density at radius 1 is 0.744 bits per heavy atom. The molecule has 0 aromatic heterocycles. The highest BCUT2D eigenvalue weighted by Gasteiger charge is 2.39. The molecule has 220 valence electrons. The van der Waals surface area contributed by atoms with E-state index in [1.54, 1.807) is 4.90 Å². The van der Waals surface area contributed by atoms with Crippen molar-refractivity contribution in [1.29, 1.82) is 0 Å². The zero-order chi connectivity index (χ0) is 29.5. The van der Waals surface area contributed by atoms with E-state index < -0.39 is 6.04 Å². The molecule has 0 spiro atoms. The number of imide groups is 1. The summed E-state index contributed by atoms with van der Waals surface area (Å²) in [5, 5.41) is 2.37. The standard InChI is InChI=1S/C35H36N4O4/c40-32-13-12-31(33(41)36-32)39-22-27-20-26(10-11-29(27)34(39)42)24-14-17-37(18-15-24)21-23-8-9-25-5-4-16-38(35(43)30(25)19-23)28-6-2-1-3-7-28/h1-3,6-11,19-20,24,31H,4-5,12-18,21-22H2,(H,36,40,41). The van der Waals surface area contributed by atoms with Crippen molar-refractivity contribution >= 4 is 29.3 Å². The van der Waals surface area contributed by atoms with Crippen LogP contribution in [0.4, 0.5) is 5.69 Å². The molecule has 1 unspecified atom stereocenters. The van der Waals surface area contributed by atoms with Gasteiger partial charge in [-0.3, -0.25) is 29.4 Å². The fourth-order valence-electron chi connectivity index (χ4n) is 7.20. The van der Waals surface area contributed by atoms with Crippen molar-refractivity contribution in [1.82, 2.24) is 15.1 Å². The third-order valence-electron chi connectivity index (χ3n) is 9.56. The molecular weight excluding hydrogens is 540 g/mol. The molecular formula is C35H36N4O4. The quantitative estimate of drug-likeness (QED) is 0.455. The van der Waals surface area contributed by atoms with Crippen molar-refractivity contribution in [3.8, 4) is 0 Å². The van der Waals surface area contributed by atoms with Crippen molar-refractivity contribution < 1.29 is 19.2 Å². The number of rotatable bonds is 5. The van der Waals surface area contributed by atoms with Crippen LogP contribution >= 0.6 is 0 Å². The lowest BCUT2D eigenvalue weighted by molar-refractivity contribution is -0.136. The molecule has 4 aliphatic rings. The molecule has 0 radical (unpaired) electrons. The maximum Gasteiger partial charge on any atom is 0.258 e. The lowest BCUT2D eigenvalue weighted by Gasteiger charge is -2.32. The largest absolute Gasteiger partial charge is 0.322 e. The summed E-state index contributed by atoms with van der Waals surface area (Å²) in [6.45, 7) is 3.88. The minimum Gasteiger partial charge on any atom is -0.322 e. The van der Waals surface area contributed by atoms with Gasteiger partial charge < -0.3 is 9.80 Å². The number of nitrogens with one attached hydrogen (secondary N) is 1. The fraction of sp³-hybridized carbons (Fsp3) is 0.371. The second kappa shape index (κ2) is 11.4. The summed E-state index contributed by atoms with van der Waals surface area (Å²) in [4.78, 5) is 56.6. The molecule has 8 nitrogen and oxygen atoms in total. The van der Waals surface area contributed by atoms with Crippen LogP contribution in [-0.2, 0) is 29.1 Å². The molecule has 2 fully saturated rings. The molecule has 0 bridgehead atoms. The minimum atomic E-state index is -0.589. The molecule has 0 saturated carbocycles. The number of nitrogens with zero attached hydrogens (tertiary/aromatic N) is 3. The van der Waals surface area contributed by atoms with Gasteiger partial charge in [-0.15, -0.1) is 0 Å². The van der Waals surface area contributed by atoms with Crippen LogP contribution in [0.3, 0.4) is 0 Å². The Morgan fingerprint density at radius 2 is 1.56 bits per heavy atom. The first-order valence-electron chi connectivity index (χ1n) is 15.4. The lowest BCUT2D eigenvalue weighted by Crippen LogP contribution is -2.52. The van der Waals surface area contributed by atoms with E-state index in [0.29, 0.717) is 24.4 Å². The van der Waals surface area contributed by atoms with E-state index >= 15 is 0 Å². The van der Waals surface area contributed by atoms with E-state index in [2.05, 4.69) is 40.5 Å². The highest BCUT2D eigenvalue weighted by molar-refractivity contribution is 6.07. The number of aryl methyl sites for hydroxylation is 1. The topological polar surface area (TPSA) is 90.0 Å². The van der Waals surface area contributed by atoms with Gasteiger partial charge in [-0.2, -0.15) is 0 Å². The molecule has 4 amide bonds. The predicted molar refractivity (Wildman–Crippen MR) is 163 cm³/mol. The summed E-state index contributed by atoms with van der Waals surface area (Å²) < 4.78 is 0. The molecule has 7 rings (SSSR count). The summed E-state index contributed by atoms with van der Waals surface area (Å²) in [6.07, 6.45) is 4.54. The SMILES string of the molecule is O=C1CCC(N2Cc3cc(C4CCN(Cc5ccc6c(c5)C(=O)N(c5ccccc5)CCC6)CC4)ccc3C2=O)C(=O)N1. The van der Waals surface area contributed by atoms with Gasteiger partial charge in [0.15, 0.2) is 0 Å². The molecule has 2 saturated heterocycles. The number of amides is 4. The molecule has 3 aromatic carbocycles. The average molecular weight is 577 g/mol. The van der Waals surface area contributed by atoms with Crippen molar-refractivity contribution in [2.75, 3.05) is 24.5 Å². The van der Waals surface area contributed by atoms with Gasteiger partial charge in [-0.05, 0) is 97.6 Å². The Bertz CT molecular complexity index is 1590. The maximum absolute atomic E-state index is 13.6. The molecule has 0 aliphatic carbocycles. The number of fused-ring (bicyclic) bond motifs is 2. The number of hydrogen-bond acceptors (Lipinski definition) is 5. The second-order valence-corrected chi connectivity index (χ2v) is 12.3. The smallest absolute Gasteiger partial charge is 0.258 e. The third-order valence-corrected chi connectivity index (χ3v) is 9.56. The first-order valence-corrected chi connectivity index (χ1v) is 15.4. The predicted octanol–water partition coefficient (Wildman–Crippen LogP) is 4.42. The highest BCUT2D eigenvalue weighted by Crippen LogP contribution is 2.34. The van der Waals surface area contributed by atoms with Crippen molar-refractivity contribution in [2.24, 2.45) is 0 Å². The summed E-state index contributed by atoms with van der Waals surface area (Å²) in [5.74, 6) is -0.279. The second-order valence-electron chi connectivity index (χ2n) is 12.3. The molecule has 43 heavy (non-hydrogen) atoms. The molecule has 3 aromatic rings. The normalized spacial score (nSPS) is 21.4.